The first-order valence-corrected chi connectivity index (χ1v) is 5.61. The summed E-state index contributed by atoms with van der Waals surface area (Å²) in [4.78, 5) is 11.6. The molecule has 0 aliphatic carbocycles. The van der Waals surface area contributed by atoms with Gasteiger partial charge in [-0.05, 0) is 27.2 Å². The molecule has 0 aliphatic heterocycles. The van der Waals surface area contributed by atoms with Gasteiger partial charge in [0.05, 0.1) is 7.11 Å². The van der Waals surface area contributed by atoms with Crippen LogP contribution in [0.4, 0.5) is 13.2 Å². The zero-order valence-electron chi connectivity index (χ0n) is 11.1. The topological polar surface area (TPSA) is 47.6 Å². The number of alkyl halides is 3. The zero-order chi connectivity index (χ0) is 14.4. The molecule has 1 unspecified atom stereocenters. The van der Waals surface area contributed by atoms with Crippen LogP contribution in [0.2, 0.25) is 0 Å². The maximum atomic E-state index is 11.9. The summed E-state index contributed by atoms with van der Waals surface area (Å²) in [6.45, 7) is 3.75. The van der Waals surface area contributed by atoms with E-state index in [2.05, 4.69) is 14.8 Å². The molecule has 0 rings (SSSR count). The van der Waals surface area contributed by atoms with Crippen LogP contribution in [0, 0.1) is 0 Å². The van der Waals surface area contributed by atoms with Crippen molar-refractivity contribution in [3.8, 4) is 0 Å². The van der Waals surface area contributed by atoms with Crippen LogP contribution >= 0.6 is 0 Å². The van der Waals surface area contributed by atoms with E-state index in [1.54, 1.807) is 6.92 Å². The molecule has 0 fully saturated rings. The van der Waals surface area contributed by atoms with E-state index < -0.39 is 24.3 Å². The molecule has 0 heterocycles. The predicted molar refractivity (Wildman–Crippen MR) is 60.2 cm³/mol. The Balaban J connectivity index is 4.30. The van der Waals surface area contributed by atoms with Gasteiger partial charge in [-0.3, -0.25) is 10.1 Å². The molecule has 0 bridgehead atoms. The molecule has 18 heavy (non-hydrogen) atoms. The van der Waals surface area contributed by atoms with Crippen molar-refractivity contribution in [2.45, 2.75) is 44.9 Å². The van der Waals surface area contributed by atoms with Crippen molar-refractivity contribution >= 4 is 5.97 Å². The highest BCUT2D eigenvalue weighted by molar-refractivity contribution is 5.80. The summed E-state index contributed by atoms with van der Waals surface area (Å²) in [7, 11) is 1.24. The molecule has 7 heteroatoms. The van der Waals surface area contributed by atoms with Crippen LogP contribution in [0.3, 0.4) is 0 Å². The van der Waals surface area contributed by atoms with Crippen molar-refractivity contribution in [2.24, 2.45) is 0 Å². The Hall–Kier alpha value is -0.820. The minimum Gasteiger partial charge on any atom is -0.468 e. The molecule has 0 radical (unpaired) electrons. The normalized spacial score (nSPS) is 15.6. The minimum atomic E-state index is -4.35. The van der Waals surface area contributed by atoms with E-state index in [1.807, 2.05) is 13.8 Å². The number of ether oxygens (including phenoxy) is 2. The minimum absolute atomic E-state index is 0.00304. The fourth-order valence-corrected chi connectivity index (χ4v) is 1.56. The monoisotopic (exact) mass is 271 g/mol. The maximum absolute atomic E-state index is 11.9. The molecular formula is C11H20F3NO3. The van der Waals surface area contributed by atoms with Gasteiger partial charge in [-0.15, -0.1) is 0 Å². The Morgan fingerprint density at radius 2 is 1.89 bits per heavy atom. The predicted octanol–water partition coefficient (Wildman–Crippen LogP) is 1.89. The SMILES string of the molecule is COC(=O)C(C)(CCOCC(F)(F)F)NC(C)C. The molecule has 0 aliphatic rings. The number of nitrogens with one attached hydrogen (secondary N) is 1. The zero-order valence-corrected chi connectivity index (χ0v) is 11.1. The third-order valence-corrected chi connectivity index (χ3v) is 2.26. The molecule has 0 aromatic rings. The van der Waals surface area contributed by atoms with Gasteiger partial charge in [0, 0.05) is 12.6 Å². The smallest absolute Gasteiger partial charge is 0.411 e. The molecule has 0 spiro atoms. The van der Waals surface area contributed by atoms with E-state index in [0.29, 0.717) is 0 Å². The lowest BCUT2D eigenvalue weighted by atomic mass is 9.97. The van der Waals surface area contributed by atoms with Crippen molar-refractivity contribution in [1.82, 2.24) is 5.32 Å². The van der Waals surface area contributed by atoms with Gasteiger partial charge in [-0.2, -0.15) is 13.2 Å². The molecule has 108 valence electrons. The second kappa shape index (κ2) is 6.94. The number of carbonyl (C=O) groups is 1. The summed E-state index contributed by atoms with van der Waals surface area (Å²) in [5, 5.41) is 2.97. The Morgan fingerprint density at radius 1 is 1.33 bits per heavy atom. The average Bonchev–Trinajstić information content (AvgIpc) is 2.21. The van der Waals surface area contributed by atoms with Crippen molar-refractivity contribution in [1.29, 1.82) is 0 Å². The molecule has 1 N–H and O–H groups in total. The van der Waals surface area contributed by atoms with E-state index in [4.69, 9.17) is 0 Å². The molecule has 4 nitrogen and oxygen atoms in total. The van der Waals surface area contributed by atoms with Crippen molar-refractivity contribution < 1.29 is 27.4 Å². The van der Waals surface area contributed by atoms with Crippen LogP contribution in [0.25, 0.3) is 0 Å². The Kier molecular flexibility index (Phi) is 6.62. The number of hydrogen-bond acceptors (Lipinski definition) is 4. The lowest BCUT2D eigenvalue weighted by Gasteiger charge is -2.30. The van der Waals surface area contributed by atoms with Gasteiger partial charge in [0.1, 0.15) is 12.1 Å². The maximum Gasteiger partial charge on any atom is 0.411 e. The van der Waals surface area contributed by atoms with E-state index in [1.165, 1.54) is 7.11 Å². The standard InChI is InChI=1S/C11H20F3NO3/c1-8(2)15-10(3,9(16)17-4)5-6-18-7-11(12,13)14/h8,15H,5-7H2,1-4H3. The summed E-state index contributed by atoms with van der Waals surface area (Å²) in [5.41, 5.74) is -1.05. The van der Waals surface area contributed by atoms with Gasteiger partial charge < -0.3 is 9.47 Å². The largest absolute Gasteiger partial charge is 0.468 e. The molecule has 0 saturated heterocycles. The fraction of sp³-hybridized carbons (Fsp3) is 0.909. The second-order valence-electron chi connectivity index (χ2n) is 4.54. The fourth-order valence-electron chi connectivity index (χ4n) is 1.56. The number of hydrogen-bond donors (Lipinski definition) is 1. The average molecular weight is 271 g/mol. The van der Waals surface area contributed by atoms with Gasteiger partial charge in [0.15, 0.2) is 0 Å². The van der Waals surface area contributed by atoms with Crippen LogP contribution in [0.5, 0.6) is 0 Å². The lowest BCUT2D eigenvalue weighted by molar-refractivity contribution is -0.175. The summed E-state index contributed by atoms with van der Waals surface area (Å²) >= 11 is 0. The van der Waals surface area contributed by atoms with Crippen LogP contribution in [-0.2, 0) is 14.3 Å². The first-order valence-electron chi connectivity index (χ1n) is 5.61. The molecular weight excluding hydrogens is 251 g/mol. The molecule has 0 aromatic heterocycles. The first-order chi connectivity index (χ1) is 8.10. The van der Waals surface area contributed by atoms with Gasteiger partial charge in [0.2, 0.25) is 0 Å². The van der Waals surface area contributed by atoms with E-state index >= 15 is 0 Å². The first kappa shape index (κ1) is 17.2. The van der Waals surface area contributed by atoms with Crippen molar-refractivity contribution in [3.05, 3.63) is 0 Å². The number of halogens is 3. The van der Waals surface area contributed by atoms with Gasteiger partial charge in [-0.25, -0.2) is 0 Å². The highest BCUT2D eigenvalue weighted by Gasteiger charge is 2.35. The van der Waals surface area contributed by atoms with E-state index in [0.717, 1.165) is 0 Å². The highest BCUT2D eigenvalue weighted by atomic mass is 19.4. The van der Waals surface area contributed by atoms with E-state index in [-0.39, 0.29) is 19.1 Å². The Labute approximate surface area is 105 Å². The van der Waals surface area contributed by atoms with Crippen LogP contribution in [0.15, 0.2) is 0 Å². The van der Waals surface area contributed by atoms with Crippen molar-refractivity contribution in [3.63, 3.8) is 0 Å². The molecule has 1 atom stereocenters. The van der Waals surface area contributed by atoms with Crippen LogP contribution < -0.4 is 5.32 Å². The Bertz CT molecular complexity index is 269. The highest BCUT2D eigenvalue weighted by Crippen LogP contribution is 2.17. The third kappa shape index (κ3) is 6.80. The number of carbonyl (C=O) groups excluding carboxylic acids is 1. The number of methoxy groups -OCH3 is 1. The molecule has 0 aromatic carbocycles. The van der Waals surface area contributed by atoms with Gasteiger partial charge in [0.25, 0.3) is 0 Å². The van der Waals surface area contributed by atoms with Gasteiger partial charge in [-0.1, -0.05) is 0 Å². The van der Waals surface area contributed by atoms with Crippen LogP contribution in [-0.4, -0.2) is 44.0 Å². The summed E-state index contributed by atoms with van der Waals surface area (Å²) < 4.78 is 44.8. The summed E-state index contributed by atoms with van der Waals surface area (Å²) in [5.74, 6) is -0.521. The molecule has 0 amide bonds. The Morgan fingerprint density at radius 3 is 2.28 bits per heavy atom. The van der Waals surface area contributed by atoms with Crippen molar-refractivity contribution in [2.75, 3.05) is 20.3 Å². The van der Waals surface area contributed by atoms with Gasteiger partial charge >= 0.3 is 12.1 Å². The third-order valence-electron chi connectivity index (χ3n) is 2.26. The molecule has 0 saturated carbocycles. The lowest BCUT2D eigenvalue weighted by Crippen LogP contribution is -2.53. The second-order valence-corrected chi connectivity index (χ2v) is 4.54. The quantitative estimate of drug-likeness (QED) is 0.567. The number of rotatable bonds is 7. The summed E-state index contributed by atoms with van der Waals surface area (Å²) in [6, 6.07) is -0.00304. The summed E-state index contributed by atoms with van der Waals surface area (Å²) in [6.07, 6.45) is -4.25. The van der Waals surface area contributed by atoms with E-state index in [9.17, 15) is 18.0 Å². The van der Waals surface area contributed by atoms with Crippen LogP contribution in [0.1, 0.15) is 27.2 Å². The number of esters is 1.